The van der Waals surface area contributed by atoms with Crippen molar-refractivity contribution in [2.75, 3.05) is 33.8 Å². The molecule has 8 nitrogen and oxygen atoms in total. The number of aryl methyl sites for hydroxylation is 1. The van der Waals surface area contributed by atoms with E-state index in [9.17, 15) is 14.7 Å². The Balaban J connectivity index is 1.71. The fourth-order valence-electron chi connectivity index (χ4n) is 4.21. The van der Waals surface area contributed by atoms with Gasteiger partial charge in [-0.3, -0.25) is 9.59 Å². The fourth-order valence-corrected chi connectivity index (χ4v) is 4.43. The summed E-state index contributed by atoms with van der Waals surface area (Å²) in [5, 5.41) is 17.1. The Bertz CT molecular complexity index is 1080. The van der Waals surface area contributed by atoms with Gasteiger partial charge in [0, 0.05) is 55.8 Å². The van der Waals surface area contributed by atoms with Crippen molar-refractivity contribution in [3.63, 3.8) is 0 Å². The quantitative estimate of drug-likeness (QED) is 0.350. The Morgan fingerprint density at radius 2 is 2.16 bits per heavy atom. The number of carbonyl (C=O) groups excluding carboxylic acids is 2. The number of rotatable bonds is 6. The lowest BCUT2D eigenvalue weighted by atomic mass is 9.87. The normalized spacial score (nSPS) is 20.9. The van der Waals surface area contributed by atoms with Gasteiger partial charge in [0.1, 0.15) is 11.7 Å². The molecule has 0 aliphatic carbocycles. The highest BCUT2D eigenvalue weighted by atomic mass is 35.5. The molecule has 2 aromatic rings. The second-order valence-corrected chi connectivity index (χ2v) is 8.67. The molecule has 0 saturated heterocycles. The van der Waals surface area contributed by atoms with E-state index < -0.39 is 23.2 Å². The highest BCUT2D eigenvalue weighted by Gasteiger charge is 2.42. The first-order valence-corrected chi connectivity index (χ1v) is 10.7. The third kappa shape index (κ3) is 4.08. The van der Waals surface area contributed by atoms with Crippen LogP contribution in [0.25, 0.3) is 16.6 Å². The number of aromatic nitrogens is 1. The van der Waals surface area contributed by atoms with E-state index in [-0.39, 0.29) is 0 Å². The summed E-state index contributed by atoms with van der Waals surface area (Å²) in [7, 11) is 6.10. The van der Waals surface area contributed by atoms with Gasteiger partial charge >= 0.3 is 0 Å². The van der Waals surface area contributed by atoms with Gasteiger partial charge < -0.3 is 29.9 Å². The number of benzene rings is 1. The number of ether oxygens (including phenoxy) is 1. The summed E-state index contributed by atoms with van der Waals surface area (Å²) in [6, 6.07) is 6.03. The molecular weight excluding hydrogens is 420 g/mol. The van der Waals surface area contributed by atoms with Gasteiger partial charge in [0.25, 0.3) is 0 Å². The second kappa shape index (κ2) is 8.63. The summed E-state index contributed by atoms with van der Waals surface area (Å²) < 4.78 is 8.08. The molecule has 166 valence electrons. The molecule has 0 bridgehead atoms. The number of likely N-dealkylation sites (N-methyl/N-ethyl adjacent to an activating group) is 1. The van der Waals surface area contributed by atoms with Crippen LogP contribution in [-0.4, -0.2) is 65.6 Å². The largest absolute Gasteiger partial charge is 0.492 e. The van der Waals surface area contributed by atoms with Crippen LogP contribution in [0.5, 0.6) is 5.75 Å². The smallest absolute Gasteiger partial charge is 0.239 e. The molecule has 0 spiro atoms. The molecule has 1 amide bonds. The lowest BCUT2D eigenvalue weighted by molar-refractivity contribution is -0.133. The Labute approximate surface area is 185 Å². The molecule has 0 radical (unpaired) electrons. The van der Waals surface area contributed by atoms with E-state index in [1.54, 1.807) is 0 Å². The predicted octanol–water partition coefficient (Wildman–Crippen LogP) is 1.20. The first-order chi connectivity index (χ1) is 14.8. The number of fused-ring (bicyclic) bond motifs is 3. The summed E-state index contributed by atoms with van der Waals surface area (Å²) in [6.07, 6.45) is -0.866. The van der Waals surface area contributed by atoms with Crippen LogP contribution >= 0.6 is 11.6 Å². The van der Waals surface area contributed by atoms with E-state index in [2.05, 4.69) is 26.2 Å². The summed E-state index contributed by atoms with van der Waals surface area (Å²) in [5.41, 5.74) is 3.92. The van der Waals surface area contributed by atoms with Crippen LogP contribution in [0.2, 0.25) is 0 Å². The molecule has 9 heteroatoms. The van der Waals surface area contributed by atoms with Gasteiger partial charge in [-0.2, -0.15) is 0 Å². The number of amides is 1. The molecule has 2 unspecified atom stereocenters. The van der Waals surface area contributed by atoms with E-state index in [0.29, 0.717) is 35.6 Å². The van der Waals surface area contributed by atoms with Crippen molar-refractivity contribution in [1.82, 2.24) is 20.1 Å². The second-order valence-electron chi connectivity index (χ2n) is 8.30. The Morgan fingerprint density at radius 3 is 2.87 bits per heavy atom. The maximum Gasteiger partial charge on any atom is 0.239 e. The lowest BCUT2D eigenvalue weighted by Crippen LogP contribution is -2.46. The SMILES string of the molecule is CN(C)CCNCc1cc2cc3c(cc2n1C)OCCC1=C3NC(=O)C(C(=O)Cl)C1O. The number of hydrogen-bond donors (Lipinski definition) is 3. The van der Waals surface area contributed by atoms with Crippen LogP contribution in [0.15, 0.2) is 23.8 Å². The summed E-state index contributed by atoms with van der Waals surface area (Å²) in [6.45, 7) is 2.90. The van der Waals surface area contributed by atoms with Crippen LogP contribution in [-0.2, 0) is 23.2 Å². The number of aliphatic hydroxyl groups excluding tert-OH is 1. The highest BCUT2D eigenvalue weighted by Crippen LogP contribution is 2.39. The zero-order valence-electron chi connectivity index (χ0n) is 17.9. The average Bonchev–Trinajstić information content (AvgIpc) is 2.88. The fraction of sp³-hybridized carbons (Fsp3) is 0.455. The summed E-state index contributed by atoms with van der Waals surface area (Å²) in [5.74, 6) is -1.27. The number of nitrogens with one attached hydrogen (secondary N) is 2. The molecule has 1 aromatic heterocycles. The molecule has 31 heavy (non-hydrogen) atoms. The molecular formula is C22H27ClN4O4. The van der Waals surface area contributed by atoms with Crippen LogP contribution in [0, 0.1) is 5.92 Å². The number of nitrogens with zero attached hydrogens (tertiary/aromatic N) is 2. The maximum atomic E-state index is 12.5. The van der Waals surface area contributed by atoms with Gasteiger partial charge in [0.05, 0.1) is 23.9 Å². The third-order valence-electron chi connectivity index (χ3n) is 5.95. The van der Waals surface area contributed by atoms with Crippen molar-refractivity contribution < 1.29 is 19.4 Å². The average molecular weight is 447 g/mol. The molecule has 2 atom stereocenters. The molecule has 3 heterocycles. The van der Waals surface area contributed by atoms with E-state index in [1.807, 2.05) is 33.3 Å². The van der Waals surface area contributed by atoms with Crippen molar-refractivity contribution in [2.24, 2.45) is 13.0 Å². The van der Waals surface area contributed by atoms with Gasteiger partial charge in [-0.25, -0.2) is 0 Å². The van der Waals surface area contributed by atoms with Crippen molar-refractivity contribution in [1.29, 1.82) is 0 Å². The van der Waals surface area contributed by atoms with E-state index >= 15 is 0 Å². The first-order valence-electron chi connectivity index (χ1n) is 10.3. The molecule has 0 fully saturated rings. The zero-order valence-corrected chi connectivity index (χ0v) is 18.6. The van der Waals surface area contributed by atoms with E-state index in [4.69, 9.17) is 16.3 Å². The number of halogens is 1. The summed E-state index contributed by atoms with van der Waals surface area (Å²) in [4.78, 5) is 26.3. The topological polar surface area (TPSA) is 95.8 Å². The summed E-state index contributed by atoms with van der Waals surface area (Å²) >= 11 is 5.56. The van der Waals surface area contributed by atoms with E-state index in [0.717, 1.165) is 36.2 Å². The number of hydrogen-bond acceptors (Lipinski definition) is 6. The Morgan fingerprint density at radius 1 is 1.39 bits per heavy atom. The molecule has 3 N–H and O–H groups in total. The maximum absolute atomic E-state index is 12.5. The number of aliphatic hydroxyl groups is 1. The van der Waals surface area contributed by atoms with Crippen molar-refractivity contribution in [3.05, 3.63) is 35.0 Å². The van der Waals surface area contributed by atoms with Gasteiger partial charge in [0.2, 0.25) is 11.1 Å². The van der Waals surface area contributed by atoms with Crippen LogP contribution < -0.4 is 15.4 Å². The van der Waals surface area contributed by atoms with Crippen molar-refractivity contribution in [3.8, 4) is 5.75 Å². The standard InChI is InChI=1S/C22H27ClN4O4/c1-26(2)6-5-24-11-13-8-12-9-15-17(10-16(12)27(13)3)31-7-4-14-19(15)25-22(30)18(20(14)28)21(23)29/h8-10,18,20,24,28H,4-7,11H2,1-3H3,(H,25,30). The molecule has 2 aliphatic rings. The minimum absolute atomic E-state index is 0.330. The van der Waals surface area contributed by atoms with Crippen LogP contribution in [0.4, 0.5) is 0 Å². The third-order valence-corrected chi connectivity index (χ3v) is 6.19. The van der Waals surface area contributed by atoms with E-state index in [1.165, 1.54) is 0 Å². The first kappa shape index (κ1) is 21.8. The predicted molar refractivity (Wildman–Crippen MR) is 119 cm³/mol. The van der Waals surface area contributed by atoms with Crippen LogP contribution in [0.1, 0.15) is 17.7 Å². The monoisotopic (exact) mass is 446 g/mol. The highest BCUT2D eigenvalue weighted by molar-refractivity contribution is 6.65. The molecule has 4 rings (SSSR count). The Kier molecular flexibility index (Phi) is 6.07. The zero-order chi connectivity index (χ0) is 22.3. The van der Waals surface area contributed by atoms with Gasteiger partial charge in [-0.1, -0.05) is 0 Å². The Hall–Kier alpha value is -2.39. The number of carbonyl (C=O) groups is 2. The van der Waals surface area contributed by atoms with Crippen molar-refractivity contribution >= 4 is 39.4 Å². The molecule has 2 aliphatic heterocycles. The minimum atomic E-state index is -1.30. The molecule has 0 saturated carbocycles. The van der Waals surface area contributed by atoms with Gasteiger partial charge in [-0.05, 0) is 43.4 Å². The van der Waals surface area contributed by atoms with Crippen LogP contribution in [0.3, 0.4) is 0 Å². The lowest BCUT2D eigenvalue weighted by Gasteiger charge is -2.29. The van der Waals surface area contributed by atoms with Gasteiger partial charge in [0.15, 0.2) is 0 Å². The van der Waals surface area contributed by atoms with Gasteiger partial charge in [-0.15, -0.1) is 0 Å². The minimum Gasteiger partial charge on any atom is -0.492 e. The molecule has 1 aromatic carbocycles. The van der Waals surface area contributed by atoms with Crippen molar-refractivity contribution in [2.45, 2.75) is 19.1 Å².